The molecule has 3 rings (SSSR count). The molecule has 25 heavy (non-hydrogen) atoms. The SMILES string of the molecule is CN1C(=O)CCC(NC2CC(NC(=O)OCc3ccccc3)C2)C1=O. The van der Waals surface area contributed by atoms with E-state index in [1.807, 2.05) is 30.3 Å². The summed E-state index contributed by atoms with van der Waals surface area (Å²) in [6.07, 6.45) is 2.01. The molecule has 134 valence electrons. The van der Waals surface area contributed by atoms with Gasteiger partial charge in [-0.3, -0.25) is 14.5 Å². The minimum Gasteiger partial charge on any atom is -0.445 e. The molecule has 7 nitrogen and oxygen atoms in total. The minimum atomic E-state index is -0.425. The summed E-state index contributed by atoms with van der Waals surface area (Å²) in [5, 5.41) is 6.11. The van der Waals surface area contributed by atoms with E-state index in [0.29, 0.717) is 12.8 Å². The molecule has 0 radical (unpaired) electrons. The zero-order valence-electron chi connectivity index (χ0n) is 14.2. The van der Waals surface area contributed by atoms with E-state index >= 15 is 0 Å². The maximum atomic E-state index is 12.0. The fourth-order valence-electron chi connectivity index (χ4n) is 3.16. The molecule has 0 bridgehead atoms. The van der Waals surface area contributed by atoms with Gasteiger partial charge < -0.3 is 15.4 Å². The van der Waals surface area contributed by atoms with Crippen LogP contribution < -0.4 is 10.6 Å². The van der Waals surface area contributed by atoms with Gasteiger partial charge in [0.25, 0.3) is 0 Å². The van der Waals surface area contributed by atoms with Gasteiger partial charge in [0.2, 0.25) is 11.8 Å². The molecule has 1 aliphatic heterocycles. The predicted octanol–water partition coefficient (Wildman–Crippen LogP) is 1.18. The minimum absolute atomic E-state index is 0.0545. The van der Waals surface area contributed by atoms with Crippen LogP contribution in [0.3, 0.4) is 0 Å². The van der Waals surface area contributed by atoms with Crippen LogP contribution in [0.15, 0.2) is 30.3 Å². The second-order valence-corrected chi connectivity index (χ2v) is 6.62. The summed E-state index contributed by atoms with van der Waals surface area (Å²) in [4.78, 5) is 36.5. The molecule has 2 aliphatic rings. The number of likely N-dealkylation sites (N-methyl/N-ethyl adjacent to an activating group) is 1. The second kappa shape index (κ2) is 7.65. The summed E-state index contributed by atoms with van der Waals surface area (Å²) >= 11 is 0. The first-order valence-electron chi connectivity index (χ1n) is 8.56. The van der Waals surface area contributed by atoms with Gasteiger partial charge in [-0.2, -0.15) is 0 Å². The Bertz CT molecular complexity index is 643. The molecule has 1 aliphatic carbocycles. The number of imide groups is 1. The van der Waals surface area contributed by atoms with Gasteiger partial charge >= 0.3 is 6.09 Å². The lowest BCUT2D eigenvalue weighted by Crippen LogP contribution is -2.59. The van der Waals surface area contributed by atoms with Crippen molar-refractivity contribution in [3.8, 4) is 0 Å². The lowest BCUT2D eigenvalue weighted by molar-refractivity contribution is -0.148. The summed E-state index contributed by atoms with van der Waals surface area (Å²) in [5.41, 5.74) is 0.945. The first-order valence-corrected chi connectivity index (χ1v) is 8.56. The van der Waals surface area contributed by atoms with Crippen molar-refractivity contribution in [2.45, 2.75) is 50.4 Å². The molecule has 2 fully saturated rings. The van der Waals surface area contributed by atoms with Crippen LogP contribution in [0.2, 0.25) is 0 Å². The van der Waals surface area contributed by atoms with Gasteiger partial charge in [0.15, 0.2) is 0 Å². The van der Waals surface area contributed by atoms with E-state index in [2.05, 4.69) is 10.6 Å². The van der Waals surface area contributed by atoms with Crippen LogP contribution in [-0.4, -0.2) is 48.0 Å². The van der Waals surface area contributed by atoms with Gasteiger partial charge in [-0.25, -0.2) is 4.79 Å². The zero-order valence-corrected chi connectivity index (χ0v) is 14.2. The van der Waals surface area contributed by atoms with Gasteiger partial charge in [0.1, 0.15) is 6.61 Å². The average Bonchev–Trinajstić information content (AvgIpc) is 2.59. The summed E-state index contributed by atoms with van der Waals surface area (Å²) in [6, 6.07) is 9.44. The number of carbonyl (C=O) groups is 3. The predicted molar refractivity (Wildman–Crippen MR) is 90.5 cm³/mol. The van der Waals surface area contributed by atoms with Crippen LogP contribution in [-0.2, 0) is 20.9 Å². The van der Waals surface area contributed by atoms with Crippen molar-refractivity contribution in [3.63, 3.8) is 0 Å². The number of nitrogens with one attached hydrogen (secondary N) is 2. The Labute approximate surface area is 146 Å². The van der Waals surface area contributed by atoms with Gasteiger partial charge in [0.05, 0.1) is 6.04 Å². The number of rotatable bonds is 5. The molecule has 1 unspecified atom stereocenters. The molecular formula is C18H23N3O4. The van der Waals surface area contributed by atoms with E-state index < -0.39 is 6.09 Å². The monoisotopic (exact) mass is 345 g/mol. The first kappa shape index (κ1) is 17.4. The molecule has 0 aromatic heterocycles. The highest BCUT2D eigenvalue weighted by Gasteiger charge is 2.37. The number of hydrogen-bond acceptors (Lipinski definition) is 5. The summed E-state index contributed by atoms with van der Waals surface area (Å²) in [5.74, 6) is -0.299. The van der Waals surface area contributed by atoms with Crippen LogP contribution in [0.4, 0.5) is 4.79 Å². The maximum Gasteiger partial charge on any atom is 0.407 e. The molecule has 2 N–H and O–H groups in total. The molecule has 1 aromatic rings. The van der Waals surface area contributed by atoms with Crippen LogP contribution >= 0.6 is 0 Å². The third-order valence-corrected chi connectivity index (χ3v) is 4.76. The summed E-state index contributed by atoms with van der Waals surface area (Å²) < 4.78 is 5.19. The second-order valence-electron chi connectivity index (χ2n) is 6.62. The molecule has 1 atom stereocenters. The average molecular weight is 345 g/mol. The highest BCUT2D eigenvalue weighted by atomic mass is 16.5. The molecule has 3 amide bonds. The summed E-state index contributed by atoms with van der Waals surface area (Å²) in [7, 11) is 1.52. The van der Waals surface area contributed by atoms with Crippen LogP contribution in [0.25, 0.3) is 0 Å². The fraction of sp³-hybridized carbons (Fsp3) is 0.500. The zero-order chi connectivity index (χ0) is 17.8. The van der Waals surface area contributed by atoms with Crippen molar-refractivity contribution >= 4 is 17.9 Å². The largest absolute Gasteiger partial charge is 0.445 e. The van der Waals surface area contributed by atoms with Crippen molar-refractivity contribution in [3.05, 3.63) is 35.9 Å². The third-order valence-electron chi connectivity index (χ3n) is 4.76. The topological polar surface area (TPSA) is 87.7 Å². The number of ether oxygens (including phenoxy) is 1. The number of hydrogen-bond donors (Lipinski definition) is 2. The van der Waals surface area contributed by atoms with E-state index in [1.165, 1.54) is 11.9 Å². The molecule has 1 saturated heterocycles. The highest BCUT2D eigenvalue weighted by molar-refractivity contribution is 6.00. The number of piperidine rings is 1. The Hall–Kier alpha value is -2.41. The standard InChI is InChI=1S/C18H23N3O4/c1-21-16(22)8-7-15(17(21)23)19-13-9-14(10-13)20-18(24)25-11-12-5-3-2-4-6-12/h2-6,13-15,19H,7-11H2,1H3,(H,20,24). The Morgan fingerprint density at radius 3 is 2.64 bits per heavy atom. The van der Waals surface area contributed by atoms with Crippen LogP contribution in [0.5, 0.6) is 0 Å². The molecule has 1 heterocycles. The van der Waals surface area contributed by atoms with Crippen LogP contribution in [0, 0.1) is 0 Å². The highest BCUT2D eigenvalue weighted by Crippen LogP contribution is 2.23. The number of amides is 3. The molecule has 0 spiro atoms. The Kier molecular flexibility index (Phi) is 5.33. The molecule has 1 aromatic carbocycles. The Morgan fingerprint density at radius 2 is 1.92 bits per heavy atom. The first-order chi connectivity index (χ1) is 12.0. The summed E-state index contributed by atoms with van der Waals surface area (Å²) in [6.45, 7) is 0.248. The lowest BCUT2D eigenvalue weighted by Gasteiger charge is -2.39. The van der Waals surface area contributed by atoms with Gasteiger partial charge in [-0.05, 0) is 24.8 Å². The molecule has 1 saturated carbocycles. The number of carbonyl (C=O) groups excluding carboxylic acids is 3. The number of alkyl carbamates (subject to hydrolysis) is 1. The fourth-order valence-corrected chi connectivity index (χ4v) is 3.16. The van der Waals surface area contributed by atoms with Gasteiger partial charge in [-0.15, -0.1) is 0 Å². The Morgan fingerprint density at radius 1 is 1.20 bits per heavy atom. The number of benzene rings is 1. The Balaban J connectivity index is 1.35. The lowest BCUT2D eigenvalue weighted by atomic mass is 9.85. The van der Waals surface area contributed by atoms with Crippen molar-refractivity contribution < 1.29 is 19.1 Å². The normalized spacial score (nSPS) is 26.1. The quantitative estimate of drug-likeness (QED) is 0.783. The van der Waals surface area contributed by atoms with Crippen molar-refractivity contribution in [1.82, 2.24) is 15.5 Å². The maximum absolute atomic E-state index is 12.0. The van der Waals surface area contributed by atoms with Crippen molar-refractivity contribution in [2.24, 2.45) is 0 Å². The molecule has 7 heteroatoms. The number of likely N-dealkylation sites (tertiary alicyclic amines) is 1. The number of nitrogens with zero attached hydrogens (tertiary/aromatic N) is 1. The van der Waals surface area contributed by atoms with Gasteiger partial charge in [-0.1, -0.05) is 30.3 Å². The van der Waals surface area contributed by atoms with E-state index in [1.54, 1.807) is 0 Å². The smallest absolute Gasteiger partial charge is 0.407 e. The van der Waals surface area contributed by atoms with Gasteiger partial charge in [0, 0.05) is 25.6 Å². The van der Waals surface area contributed by atoms with Crippen molar-refractivity contribution in [2.75, 3.05) is 7.05 Å². The van der Waals surface area contributed by atoms with E-state index in [0.717, 1.165) is 18.4 Å². The third kappa shape index (κ3) is 4.36. The van der Waals surface area contributed by atoms with E-state index in [-0.39, 0.29) is 36.5 Å². The van der Waals surface area contributed by atoms with Crippen LogP contribution in [0.1, 0.15) is 31.2 Å². The van der Waals surface area contributed by atoms with E-state index in [4.69, 9.17) is 4.74 Å². The van der Waals surface area contributed by atoms with E-state index in [9.17, 15) is 14.4 Å². The molecular weight excluding hydrogens is 322 g/mol. The van der Waals surface area contributed by atoms with Crippen molar-refractivity contribution in [1.29, 1.82) is 0 Å².